The van der Waals surface area contributed by atoms with Gasteiger partial charge in [-0.25, -0.2) is 12.8 Å². The smallest absolute Gasteiger partial charge is 0.262 e. The van der Waals surface area contributed by atoms with E-state index in [9.17, 15) is 12.8 Å². The minimum absolute atomic E-state index is 0.135. The molecule has 0 aromatic heterocycles. The second-order valence-corrected chi connectivity index (χ2v) is 7.61. The van der Waals surface area contributed by atoms with E-state index in [-0.39, 0.29) is 20.1 Å². The number of halogens is 4. The number of anilines is 1. The van der Waals surface area contributed by atoms with Crippen LogP contribution >= 0.6 is 39.1 Å². The summed E-state index contributed by atoms with van der Waals surface area (Å²) in [4.78, 5) is -0.212. The fourth-order valence-corrected chi connectivity index (χ4v) is 3.39. The van der Waals surface area contributed by atoms with Crippen molar-refractivity contribution < 1.29 is 12.8 Å². The molecule has 0 bridgehead atoms. The van der Waals surface area contributed by atoms with Gasteiger partial charge in [-0.15, -0.1) is 0 Å². The summed E-state index contributed by atoms with van der Waals surface area (Å²) >= 11 is 14.9. The molecule has 112 valence electrons. The first-order valence-corrected chi connectivity index (χ1v) is 8.67. The lowest BCUT2D eigenvalue weighted by molar-refractivity contribution is 0.593. The molecular formula is C13H9BrCl2FNO2S. The van der Waals surface area contributed by atoms with Crippen molar-refractivity contribution in [2.75, 3.05) is 4.72 Å². The van der Waals surface area contributed by atoms with E-state index in [1.807, 2.05) is 0 Å². The molecule has 0 aliphatic rings. The molecule has 2 aromatic carbocycles. The zero-order valence-corrected chi connectivity index (χ0v) is 14.5. The van der Waals surface area contributed by atoms with E-state index in [1.54, 1.807) is 13.0 Å². The Bertz CT molecular complexity index is 812. The number of hydrogen-bond donors (Lipinski definition) is 1. The van der Waals surface area contributed by atoms with Crippen LogP contribution in [0.15, 0.2) is 39.7 Å². The van der Waals surface area contributed by atoms with Crippen LogP contribution in [0, 0.1) is 12.7 Å². The monoisotopic (exact) mass is 411 g/mol. The molecule has 2 rings (SSSR count). The van der Waals surface area contributed by atoms with Gasteiger partial charge in [-0.3, -0.25) is 4.72 Å². The van der Waals surface area contributed by atoms with Crippen LogP contribution in [-0.4, -0.2) is 8.42 Å². The highest BCUT2D eigenvalue weighted by Gasteiger charge is 2.18. The molecule has 3 nitrogen and oxygen atoms in total. The first-order valence-electron chi connectivity index (χ1n) is 5.64. The standard InChI is InChI=1S/C13H9BrCl2FNO2S/c1-7-4-11(16)13(6-10(7)15)18-21(19,20)8-2-3-9(14)12(17)5-8/h2-6,18H,1H3. The fourth-order valence-electron chi connectivity index (χ4n) is 1.57. The van der Waals surface area contributed by atoms with Crippen LogP contribution in [0.4, 0.5) is 10.1 Å². The maximum absolute atomic E-state index is 13.5. The van der Waals surface area contributed by atoms with E-state index in [2.05, 4.69) is 20.7 Å². The summed E-state index contributed by atoms with van der Waals surface area (Å²) in [7, 11) is -3.96. The van der Waals surface area contributed by atoms with Gasteiger partial charge in [0.2, 0.25) is 0 Å². The van der Waals surface area contributed by atoms with Crippen LogP contribution in [-0.2, 0) is 10.0 Å². The summed E-state index contributed by atoms with van der Waals surface area (Å²) in [6.07, 6.45) is 0. The van der Waals surface area contributed by atoms with Gasteiger partial charge in [-0.1, -0.05) is 23.2 Å². The summed E-state index contributed by atoms with van der Waals surface area (Å²) in [5, 5.41) is 0.581. The Hall–Kier alpha value is -0.820. The molecule has 0 aliphatic heterocycles. The molecule has 21 heavy (non-hydrogen) atoms. The third-order valence-electron chi connectivity index (χ3n) is 2.69. The van der Waals surface area contributed by atoms with Gasteiger partial charge >= 0.3 is 0 Å². The molecule has 0 unspecified atom stereocenters. The van der Waals surface area contributed by atoms with Crippen LogP contribution in [0.2, 0.25) is 10.0 Å². The molecule has 0 aliphatic carbocycles. The summed E-state index contributed by atoms with van der Waals surface area (Å²) in [6, 6.07) is 6.46. The van der Waals surface area contributed by atoms with Crippen molar-refractivity contribution in [1.82, 2.24) is 0 Å². The van der Waals surface area contributed by atoms with E-state index >= 15 is 0 Å². The van der Waals surface area contributed by atoms with Gasteiger partial charge in [0.05, 0.1) is 20.1 Å². The molecule has 1 N–H and O–H groups in total. The maximum atomic E-state index is 13.5. The van der Waals surface area contributed by atoms with Crippen molar-refractivity contribution in [3.63, 3.8) is 0 Å². The minimum atomic E-state index is -3.96. The second-order valence-electron chi connectivity index (χ2n) is 4.26. The molecule has 0 radical (unpaired) electrons. The number of aryl methyl sites for hydroxylation is 1. The highest BCUT2D eigenvalue weighted by atomic mass is 79.9. The Morgan fingerprint density at radius 1 is 1.14 bits per heavy atom. The SMILES string of the molecule is Cc1cc(Cl)c(NS(=O)(=O)c2ccc(Br)c(F)c2)cc1Cl. The van der Waals surface area contributed by atoms with Crippen LogP contribution in [0.25, 0.3) is 0 Å². The molecule has 0 saturated heterocycles. The van der Waals surface area contributed by atoms with E-state index < -0.39 is 15.8 Å². The Labute approximate surface area is 140 Å². The normalized spacial score (nSPS) is 11.5. The Kier molecular flexibility index (Phi) is 4.82. The summed E-state index contributed by atoms with van der Waals surface area (Å²) in [6.45, 7) is 1.75. The molecule has 0 fully saturated rings. The quantitative estimate of drug-likeness (QED) is 0.770. The highest BCUT2D eigenvalue weighted by Crippen LogP contribution is 2.31. The molecule has 0 amide bonds. The van der Waals surface area contributed by atoms with Crippen molar-refractivity contribution in [2.45, 2.75) is 11.8 Å². The van der Waals surface area contributed by atoms with E-state index in [0.29, 0.717) is 5.02 Å². The Balaban J connectivity index is 2.42. The predicted octanol–water partition coefficient (Wildman–Crippen LogP) is 5.00. The van der Waals surface area contributed by atoms with Gasteiger partial charge in [0.25, 0.3) is 10.0 Å². The minimum Gasteiger partial charge on any atom is -0.278 e. The maximum Gasteiger partial charge on any atom is 0.262 e. The van der Waals surface area contributed by atoms with Crippen molar-refractivity contribution in [3.05, 3.63) is 56.2 Å². The third kappa shape index (κ3) is 3.69. The lowest BCUT2D eigenvalue weighted by atomic mass is 10.2. The third-order valence-corrected chi connectivity index (χ3v) is 5.42. The Morgan fingerprint density at radius 3 is 2.43 bits per heavy atom. The van der Waals surface area contributed by atoms with Crippen LogP contribution < -0.4 is 4.72 Å². The van der Waals surface area contributed by atoms with Crippen molar-refractivity contribution in [1.29, 1.82) is 0 Å². The largest absolute Gasteiger partial charge is 0.278 e. The molecule has 0 heterocycles. The zero-order chi connectivity index (χ0) is 15.8. The number of hydrogen-bond acceptors (Lipinski definition) is 2. The second kappa shape index (κ2) is 6.12. The summed E-state index contributed by atoms with van der Waals surface area (Å²) in [5.41, 5.74) is 0.856. The first kappa shape index (κ1) is 16.5. The average Bonchev–Trinajstić information content (AvgIpc) is 2.39. The number of nitrogens with one attached hydrogen (secondary N) is 1. The summed E-state index contributed by atoms with van der Waals surface area (Å²) in [5.74, 6) is -0.675. The predicted molar refractivity (Wildman–Crippen MR) is 86.1 cm³/mol. The molecule has 0 atom stereocenters. The molecular weight excluding hydrogens is 404 g/mol. The molecule has 0 spiro atoms. The fraction of sp³-hybridized carbons (Fsp3) is 0.0769. The lowest BCUT2D eigenvalue weighted by Crippen LogP contribution is -2.13. The van der Waals surface area contributed by atoms with Crippen molar-refractivity contribution in [2.24, 2.45) is 0 Å². The zero-order valence-electron chi connectivity index (χ0n) is 10.6. The summed E-state index contributed by atoms with van der Waals surface area (Å²) < 4.78 is 40.4. The van der Waals surface area contributed by atoms with Gasteiger partial charge in [-0.2, -0.15) is 0 Å². The first-order chi connectivity index (χ1) is 9.70. The number of benzene rings is 2. The average molecular weight is 413 g/mol. The van der Waals surface area contributed by atoms with Crippen molar-refractivity contribution in [3.8, 4) is 0 Å². The van der Waals surface area contributed by atoms with Gasteiger partial charge in [0.15, 0.2) is 0 Å². The molecule has 8 heteroatoms. The van der Waals surface area contributed by atoms with Crippen molar-refractivity contribution >= 4 is 54.8 Å². The van der Waals surface area contributed by atoms with E-state index in [1.165, 1.54) is 18.2 Å². The highest BCUT2D eigenvalue weighted by molar-refractivity contribution is 9.10. The Morgan fingerprint density at radius 2 is 1.81 bits per heavy atom. The molecule has 2 aromatic rings. The van der Waals surface area contributed by atoms with E-state index in [4.69, 9.17) is 23.2 Å². The van der Waals surface area contributed by atoms with Gasteiger partial charge in [0, 0.05) is 5.02 Å². The molecule has 0 saturated carbocycles. The van der Waals surface area contributed by atoms with Crippen LogP contribution in [0.5, 0.6) is 0 Å². The van der Waals surface area contributed by atoms with Gasteiger partial charge in [0.1, 0.15) is 5.82 Å². The van der Waals surface area contributed by atoms with Crippen LogP contribution in [0.1, 0.15) is 5.56 Å². The van der Waals surface area contributed by atoms with Gasteiger partial charge in [-0.05, 0) is 58.7 Å². The topological polar surface area (TPSA) is 46.2 Å². The lowest BCUT2D eigenvalue weighted by Gasteiger charge is -2.11. The number of rotatable bonds is 3. The number of sulfonamides is 1. The van der Waals surface area contributed by atoms with E-state index in [0.717, 1.165) is 11.6 Å². The van der Waals surface area contributed by atoms with Crippen LogP contribution in [0.3, 0.4) is 0 Å². The van der Waals surface area contributed by atoms with Gasteiger partial charge < -0.3 is 0 Å².